The predicted octanol–water partition coefficient (Wildman–Crippen LogP) is 2.69. The van der Waals surface area contributed by atoms with Crippen molar-refractivity contribution < 1.29 is 17.9 Å². The first-order valence-electron chi connectivity index (χ1n) is 9.31. The highest BCUT2D eigenvalue weighted by atomic mass is 32.2. The molecular weight excluding hydrogens is 404 g/mol. The summed E-state index contributed by atoms with van der Waals surface area (Å²) in [4.78, 5) is 0.214. The number of methoxy groups -OCH3 is 2. The van der Waals surface area contributed by atoms with Crippen LogP contribution >= 0.6 is 0 Å². The fourth-order valence-corrected chi connectivity index (χ4v) is 3.70. The highest BCUT2D eigenvalue weighted by Crippen LogP contribution is 2.21. The molecule has 0 aliphatic rings. The fourth-order valence-electron chi connectivity index (χ4n) is 2.68. The Morgan fingerprint density at radius 2 is 1.63 bits per heavy atom. The van der Waals surface area contributed by atoms with Crippen molar-refractivity contribution >= 4 is 15.8 Å². The molecule has 158 valence electrons. The minimum absolute atomic E-state index is 0.214. The third kappa shape index (κ3) is 5.76. The number of nitrogens with zero attached hydrogens (tertiary/aromatic N) is 2. The second-order valence-corrected chi connectivity index (χ2v) is 8.19. The first kappa shape index (κ1) is 21.7. The molecule has 0 aliphatic heterocycles. The second kappa shape index (κ2) is 10.1. The number of hydrogen-bond acceptors (Lipinski definition) is 7. The zero-order valence-corrected chi connectivity index (χ0v) is 17.6. The molecule has 9 heteroatoms. The van der Waals surface area contributed by atoms with Gasteiger partial charge in [-0.1, -0.05) is 12.1 Å². The number of anilines is 1. The van der Waals surface area contributed by atoms with Crippen molar-refractivity contribution in [3.05, 3.63) is 66.2 Å². The third-order valence-electron chi connectivity index (χ3n) is 4.36. The van der Waals surface area contributed by atoms with Crippen molar-refractivity contribution in [3.8, 4) is 17.0 Å². The molecule has 0 saturated heterocycles. The van der Waals surface area contributed by atoms with Crippen LogP contribution in [-0.4, -0.2) is 46.0 Å². The van der Waals surface area contributed by atoms with Gasteiger partial charge in [0.25, 0.3) is 0 Å². The fraction of sp³-hybridized carbons (Fsp3) is 0.238. The molecule has 0 amide bonds. The molecule has 1 heterocycles. The van der Waals surface area contributed by atoms with Gasteiger partial charge in [0, 0.05) is 25.8 Å². The minimum atomic E-state index is -3.53. The lowest BCUT2D eigenvalue weighted by atomic mass is 10.1. The van der Waals surface area contributed by atoms with Crippen LogP contribution in [0.3, 0.4) is 0 Å². The van der Waals surface area contributed by atoms with Crippen LogP contribution in [0, 0.1) is 0 Å². The van der Waals surface area contributed by atoms with Gasteiger partial charge in [-0.15, -0.1) is 10.2 Å². The molecule has 0 unspecified atom stereocenters. The summed E-state index contributed by atoms with van der Waals surface area (Å²) in [7, 11) is -0.385. The molecule has 2 N–H and O–H groups in total. The van der Waals surface area contributed by atoms with E-state index < -0.39 is 10.0 Å². The van der Waals surface area contributed by atoms with Crippen molar-refractivity contribution in [2.24, 2.45) is 0 Å². The van der Waals surface area contributed by atoms with E-state index in [1.807, 2.05) is 36.4 Å². The predicted molar refractivity (Wildman–Crippen MR) is 115 cm³/mol. The van der Waals surface area contributed by atoms with Gasteiger partial charge in [0.2, 0.25) is 10.0 Å². The smallest absolute Gasteiger partial charge is 0.240 e. The largest absolute Gasteiger partial charge is 0.497 e. The van der Waals surface area contributed by atoms with E-state index in [4.69, 9.17) is 9.47 Å². The number of rotatable bonds is 10. The SMILES string of the molecule is COCCNS(=O)(=O)c1ccc(CNc2ccc(-c3ccc(OC)cc3)nn2)cc1. The summed E-state index contributed by atoms with van der Waals surface area (Å²) in [6, 6.07) is 18.0. The van der Waals surface area contributed by atoms with Gasteiger partial charge >= 0.3 is 0 Å². The van der Waals surface area contributed by atoms with Crippen LogP contribution in [0.25, 0.3) is 11.3 Å². The van der Waals surface area contributed by atoms with Gasteiger partial charge in [-0.25, -0.2) is 13.1 Å². The average molecular weight is 429 g/mol. The van der Waals surface area contributed by atoms with Crippen LogP contribution in [0.15, 0.2) is 65.6 Å². The molecule has 3 rings (SSSR count). The summed E-state index contributed by atoms with van der Waals surface area (Å²) < 4.78 is 36.8. The van der Waals surface area contributed by atoms with Crippen LogP contribution < -0.4 is 14.8 Å². The highest BCUT2D eigenvalue weighted by molar-refractivity contribution is 7.89. The Balaban J connectivity index is 1.57. The standard InChI is InChI=1S/C21H24N4O4S/c1-28-14-13-23-30(26,27)19-9-3-16(4-10-19)15-22-21-12-11-20(24-25-21)17-5-7-18(29-2)8-6-17/h3-12,23H,13-15H2,1-2H3,(H,22,25). The monoisotopic (exact) mass is 428 g/mol. The van der Waals surface area contributed by atoms with E-state index in [0.717, 1.165) is 22.6 Å². The Morgan fingerprint density at radius 1 is 0.900 bits per heavy atom. The summed E-state index contributed by atoms with van der Waals surface area (Å²) >= 11 is 0. The summed E-state index contributed by atoms with van der Waals surface area (Å²) in [6.07, 6.45) is 0. The molecule has 0 atom stereocenters. The van der Waals surface area contributed by atoms with Crippen molar-refractivity contribution in [3.63, 3.8) is 0 Å². The van der Waals surface area contributed by atoms with Crippen LogP contribution in [0.5, 0.6) is 5.75 Å². The molecule has 0 aliphatic carbocycles. The Hall–Kier alpha value is -3.01. The lowest BCUT2D eigenvalue weighted by Crippen LogP contribution is -2.27. The molecule has 1 aromatic heterocycles. The van der Waals surface area contributed by atoms with E-state index in [9.17, 15) is 8.42 Å². The van der Waals surface area contributed by atoms with Crippen LogP contribution in [-0.2, 0) is 21.3 Å². The minimum Gasteiger partial charge on any atom is -0.497 e. The molecule has 0 saturated carbocycles. The topological polar surface area (TPSA) is 102 Å². The number of aromatic nitrogens is 2. The third-order valence-corrected chi connectivity index (χ3v) is 5.83. The number of hydrogen-bond donors (Lipinski definition) is 2. The lowest BCUT2D eigenvalue weighted by Gasteiger charge is -2.09. The highest BCUT2D eigenvalue weighted by Gasteiger charge is 2.12. The molecule has 3 aromatic rings. The molecule has 0 radical (unpaired) electrons. The van der Waals surface area contributed by atoms with Gasteiger partial charge in [0.1, 0.15) is 11.6 Å². The lowest BCUT2D eigenvalue weighted by molar-refractivity contribution is 0.204. The Morgan fingerprint density at radius 3 is 2.23 bits per heavy atom. The average Bonchev–Trinajstić information content (AvgIpc) is 2.78. The Labute approximate surface area is 176 Å². The molecule has 2 aromatic carbocycles. The van der Waals surface area contributed by atoms with Crippen molar-refractivity contribution in [2.75, 3.05) is 32.7 Å². The molecule has 8 nitrogen and oxygen atoms in total. The van der Waals surface area contributed by atoms with E-state index in [-0.39, 0.29) is 11.4 Å². The van der Waals surface area contributed by atoms with Gasteiger partial charge in [-0.05, 0) is 54.1 Å². The van der Waals surface area contributed by atoms with Crippen LogP contribution in [0.4, 0.5) is 5.82 Å². The second-order valence-electron chi connectivity index (χ2n) is 6.42. The first-order valence-corrected chi connectivity index (χ1v) is 10.8. The summed E-state index contributed by atoms with van der Waals surface area (Å²) in [6.45, 7) is 1.04. The summed E-state index contributed by atoms with van der Waals surface area (Å²) in [5, 5.41) is 11.6. The Bertz CT molecular complexity index is 1040. The van der Waals surface area contributed by atoms with Gasteiger partial charge in [0.15, 0.2) is 0 Å². The van der Waals surface area contributed by atoms with E-state index in [0.29, 0.717) is 19.0 Å². The first-order chi connectivity index (χ1) is 14.5. The molecule has 0 bridgehead atoms. The number of ether oxygens (including phenoxy) is 2. The maximum absolute atomic E-state index is 12.2. The van der Waals surface area contributed by atoms with Crippen LogP contribution in [0.2, 0.25) is 0 Å². The van der Waals surface area contributed by atoms with E-state index >= 15 is 0 Å². The zero-order chi connectivity index (χ0) is 21.4. The van der Waals surface area contributed by atoms with E-state index in [1.54, 1.807) is 31.4 Å². The summed E-state index contributed by atoms with van der Waals surface area (Å²) in [5.74, 6) is 1.42. The van der Waals surface area contributed by atoms with Crippen molar-refractivity contribution in [1.82, 2.24) is 14.9 Å². The van der Waals surface area contributed by atoms with Gasteiger partial charge < -0.3 is 14.8 Å². The quantitative estimate of drug-likeness (QED) is 0.479. The van der Waals surface area contributed by atoms with Crippen LogP contribution in [0.1, 0.15) is 5.56 Å². The van der Waals surface area contributed by atoms with E-state index in [1.165, 1.54) is 7.11 Å². The number of sulfonamides is 1. The maximum Gasteiger partial charge on any atom is 0.240 e. The van der Waals surface area contributed by atoms with Gasteiger partial charge in [-0.3, -0.25) is 0 Å². The molecule has 0 spiro atoms. The zero-order valence-electron chi connectivity index (χ0n) is 16.8. The van der Waals surface area contributed by atoms with Gasteiger partial charge in [-0.2, -0.15) is 0 Å². The van der Waals surface area contributed by atoms with Gasteiger partial charge in [0.05, 0.1) is 24.3 Å². The Kier molecular flexibility index (Phi) is 7.34. The van der Waals surface area contributed by atoms with Crippen molar-refractivity contribution in [2.45, 2.75) is 11.4 Å². The number of benzene rings is 2. The molecule has 0 fully saturated rings. The van der Waals surface area contributed by atoms with Crippen molar-refractivity contribution in [1.29, 1.82) is 0 Å². The molecular formula is C21H24N4O4S. The molecule has 30 heavy (non-hydrogen) atoms. The summed E-state index contributed by atoms with van der Waals surface area (Å²) in [5.41, 5.74) is 2.64. The maximum atomic E-state index is 12.2. The number of nitrogens with one attached hydrogen (secondary N) is 2. The normalized spacial score (nSPS) is 11.3. The van der Waals surface area contributed by atoms with E-state index in [2.05, 4.69) is 20.2 Å².